The zero-order valence-electron chi connectivity index (χ0n) is 11.9. The van der Waals surface area contributed by atoms with Crippen molar-refractivity contribution in [1.82, 2.24) is 30.0 Å². The smallest absolute Gasteiger partial charge is 0.256 e. The van der Waals surface area contributed by atoms with E-state index in [2.05, 4.69) is 30.7 Å². The van der Waals surface area contributed by atoms with Gasteiger partial charge in [-0.2, -0.15) is 20.1 Å². The van der Waals surface area contributed by atoms with Crippen LogP contribution >= 0.6 is 11.6 Å². The van der Waals surface area contributed by atoms with Crippen molar-refractivity contribution >= 4 is 23.5 Å². The Morgan fingerprint density at radius 1 is 1.29 bits per heavy atom. The highest BCUT2D eigenvalue weighted by molar-refractivity contribution is 6.28. The van der Waals surface area contributed by atoms with Gasteiger partial charge in [-0.15, -0.1) is 0 Å². The zero-order valence-corrected chi connectivity index (χ0v) is 12.7. The first-order valence-corrected chi connectivity index (χ1v) is 6.82. The van der Waals surface area contributed by atoms with Crippen LogP contribution in [0.4, 0.5) is 5.95 Å². The van der Waals surface area contributed by atoms with Gasteiger partial charge in [-0.3, -0.25) is 4.79 Å². The van der Waals surface area contributed by atoms with E-state index in [0.29, 0.717) is 0 Å². The van der Waals surface area contributed by atoms with Gasteiger partial charge in [-0.25, -0.2) is 4.68 Å². The molecule has 0 aliphatic heterocycles. The van der Waals surface area contributed by atoms with E-state index in [4.69, 9.17) is 11.6 Å². The van der Waals surface area contributed by atoms with Crippen molar-refractivity contribution in [3.8, 4) is 5.95 Å². The number of nitrogens with zero attached hydrogens (tertiary/aromatic N) is 5. The van der Waals surface area contributed by atoms with Gasteiger partial charge in [0.1, 0.15) is 6.04 Å². The van der Waals surface area contributed by atoms with Crippen molar-refractivity contribution in [2.75, 3.05) is 5.32 Å². The van der Waals surface area contributed by atoms with Crippen LogP contribution in [0.1, 0.15) is 20.8 Å². The maximum atomic E-state index is 11.9. The minimum absolute atomic E-state index is 0.0227. The Balaban J connectivity index is 2.15. The molecule has 0 fully saturated rings. The average molecular weight is 310 g/mol. The summed E-state index contributed by atoms with van der Waals surface area (Å²) in [6.07, 6.45) is 3.29. The molecule has 0 saturated heterocycles. The van der Waals surface area contributed by atoms with Crippen LogP contribution in [-0.2, 0) is 4.79 Å². The molecule has 0 aromatic carbocycles. The van der Waals surface area contributed by atoms with E-state index in [1.54, 1.807) is 25.4 Å². The molecule has 2 aromatic rings. The zero-order chi connectivity index (χ0) is 15.4. The largest absolute Gasteiger partial charge is 0.352 e. The molecule has 21 heavy (non-hydrogen) atoms. The number of aromatic nitrogens is 5. The van der Waals surface area contributed by atoms with E-state index in [1.807, 2.05) is 13.8 Å². The predicted molar refractivity (Wildman–Crippen MR) is 78.3 cm³/mol. The molecule has 0 saturated carbocycles. The van der Waals surface area contributed by atoms with Gasteiger partial charge in [-0.05, 0) is 38.4 Å². The molecular weight excluding hydrogens is 294 g/mol. The third-order valence-electron chi connectivity index (χ3n) is 2.48. The molecule has 0 radical (unpaired) electrons. The normalized spacial score (nSPS) is 12.2. The minimum Gasteiger partial charge on any atom is -0.352 e. The van der Waals surface area contributed by atoms with Gasteiger partial charge < -0.3 is 10.6 Å². The first-order chi connectivity index (χ1) is 9.95. The third kappa shape index (κ3) is 4.12. The number of halogens is 1. The standard InChI is InChI=1S/C12H16ClN7O/c1-7(2)15-9(21)8(3)16-11-17-10(13)18-12(19-11)20-6-4-5-14-20/h4-8H,1-3H3,(H,15,21)(H,16,17,18,19). The Morgan fingerprint density at radius 2 is 2.05 bits per heavy atom. The summed E-state index contributed by atoms with van der Waals surface area (Å²) in [6.45, 7) is 5.49. The van der Waals surface area contributed by atoms with E-state index in [0.717, 1.165) is 0 Å². The van der Waals surface area contributed by atoms with Gasteiger partial charge in [0.05, 0.1) is 0 Å². The van der Waals surface area contributed by atoms with Crippen molar-refractivity contribution in [2.24, 2.45) is 0 Å². The number of nitrogens with one attached hydrogen (secondary N) is 2. The maximum absolute atomic E-state index is 11.9. The first-order valence-electron chi connectivity index (χ1n) is 6.44. The van der Waals surface area contributed by atoms with Crippen LogP contribution in [0.25, 0.3) is 5.95 Å². The highest BCUT2D eigenvalue weighted by Crippen LogP contribution is 2.10. The van der Waals surface area contributed by atoms with Gasteiger partial charge in [0.2, 0.25) is 17.1 Å². The highest BCUT2D eigenvalue weighted by Gasteiger charge is 2.16. The van der Waals surface area contributed by atoms with E-state index < -0.39 is 6.04 Å². The Labute approximate surface area is 127 Å². The molecule has 0 spiro atoms. The van der Waals surface area contributed by atoms with Crippen molar-refractivity contribution in [3.63, 3.8) is 0 Å². The van der Waals surface area contributed by atoms with E-state index in [1.165, 1.54) is 4.68 Å². The highest BCUT2D eigenvalue weighted by atomic mass is 35.5. The number of hydrogen-bond donors (Lipinski definition) is 2. The lowest BCUT2D eigenvalue weighted by Gasteiger charge is -2.16. The van der Waals surface area contributed by atoms with E-state index >= 15 is 0 Å². The van der Waals surface area contributed by atoms with Gasteiger partial charge in [0.15, 0.2) is 0 Å². The molecule has 1 atom stereocenters. The van der Waals surface area contributed by atoms with E-state index in [9.17, 15) is 4.79 Å². The summed E-state index contributed by atoms with van der Waals surface area (Å²) in [5.74, 6) is 0.341. The van der Waals surface area contributed by atoms with Crippen molar-refractivity contribution in [3.05, 3.63) is 23.7 Å². The number of amides is 1. The number of carbonyl (C=O) groups excluding carboxylic acids is 1. The summed E-state index contributed by atoms with van der Waals surface area (Å²) in [5, 5.41) is 9.73. The van der Waals surface area contributed by atoms with Gasteiger partial charge >= 0.3 is 0 Å². The van der Waals surface area contributed by atoms with Crippen molar-refractivity contribution in [2.45, 2.75) is 32.9 Å². The molecule has 2 heterocycles. The van der Waals surface area contributed by atoms with E-state index in [-0.39, 0.29) is 29.1 Å². The lowest BCUT2D eigenvalue weighted by Crippen LogP contribution is -2.41. The van der Waals surface area contributed by atoms with Crippen molar-refractivity contribution in [1.29, 1.82) is 0 Å². The fourth-order valence-electron chi connectivity index (χ4n) is 1.56. The molecule has 2 aromatic heterocycles. The number of hydrogen-bond acceptors (Lipinski definition) is 6. The summed E-state index contributed by atoms with van der Waals surface area (Å²) in [4.78, 5) is 24.0. The number of rotatable bonds is 5. The Morgan fingerprint density at radius 3 is 2.67 bits per heavy atom. The van der Waals surface area contributed by atoms with Gasteiger partial charge in [-0.1, -0.05) is 0 Å². The fourth-order valence-corrected chi connectivity index (χ4v) is 1.72. The summed E-state index contributed by atoms with van der Waals surface area (Å²) in [5.41, 5.74) is 0. The molecular formula is C12H16ClN7O. The molecule has 8 nitrogen and oxygen atoms in total. The quantitative estimate of drug-likeness (QED) is 0.856. The molecule has 2 N–H and O–H groups in total. The first kappa shape index (κ1) is 15.2. The van der Waals surface area contributed by atoms with Gasteiger partial charge in [0.25, 0.3) is 5.95 Å². The van der Waals surface area contributed by atoms with Gasteiger partial charge in [0, 0.05) is 18.4 Å². The van der Waals surface area contributed by atoms with Crippen LogP contribution < -0.4 is 10.6 Å². The molecule has 2 rings (SSSR count). The second-order valence-electron chi connectivity index (χ2n) is 4.71. The lowest BCUT2D eigenvalue weighted by molar-refractivity contribution is -0.122. The number of carbonyl (C=O) groups is 1. The molecule has 0 aliphatic rings. The second-order valence-corrected chi connectivity index (χ2v) is 5.05. The second kappa shape index (κ2) is 6.49. The summed E-state index contributed by atoms with van der Waals surface area (Å²) in [6, 6.07) is 1.29. The SMILES string of the molecule is CC(C)NC(=O)C(C)Nc1nc(Cl)nc(-n2cccn2)n1. The fraction of sp³-hybridized carbons (Fsp3) is 0.417. The van der Waals surface area contributed by atoms with Crippen molar-refractivity contribution < 1.29 is 4.79 Å². The molecule has 1 unspecified atom stereocenters. The van der Waals surface area contributed by atoms with Crippen LogP contribution in [0, 0.1) is 0 Å². The molecule has 112 valence electrons. The lowest BCUT2D eigenvalue weighted by atomic mass is 10.3. The topological polar surface area (TPSA) is 97.6 Å². The third-order valence-corrected chi connectivity index (χ3v) is 2.64. The predicted octanol–water partition coefficient (Wildman–Crippen LogP) is 1.04. The maximum Gasteiger partial charge on any atom is 0.256 e. The van der Waals surface area contributed by atoms with Crippen LogP contribution in [0.2, 0.25) is 5.28 Å². The minimum atomic E-state index is -0.503. The average Bonchev–Trinajstić information content (AvgIpc) is 2.90. The van der Waals surface area contributed by atoms with Crippen LogP contribution in [-0.4, -0.2) is 42.7 Å². The van der Waals surface area contributed by atoms with Crippen LogP contribution in [0.15, 0.2) is 18.5 Å². The molecule has 1 amide bonds. The van der Waals surface area contributed by atoms with Crippen LogP contribution in [0.3, 0.4) is 0 Å². The molecule has 9 heteroatoms. The summed E-state index contributed by atoms with van der Waals surface area (Å²) >= 11 is 5.87. The van der Waals surface area contributed by atoms with Crippen LogP contribution in [0.5, 0.6) is 0 Å². The monoisotopic (exact) mass is 309 g/mol. The Kier molecular flexibility index (Phi) is 4.69. The summed E-state index contributed by atoms with van der Waals surface area (Å²) < 4.78 is 1.46. The molecule has 0 bridgehead atoms. The Bertz CT molecular complexity index is 614. The number of anilines is 1. The molecule has 0 aliphatic carbocycles. The Hall–Kier alpha value is -2.22. The summed E-state index contributed by atoms with van der Waals surface area (Å²) in [7, 11) is 0.